The van der Waals surface area contributed by atoms with Crippen molar-refractivity contribution in [1.29, 1.82) is 0 Å². The van der Waals surface area contributed by atoms with Gasteiger partial charge in [0.2, 0.25) is 0 Å². The van der Waals surface area contributed by atoms with E-state index in [1.165, 1.54) is 0 Å². The lowest BCUT2D eigenvalue weighted by Crippen LogP contribution is -2.33. The van der Waals surface area contributed by atoms with Crippen molar-refractivity contribution in [3.05, 3.63) is 18.0 Å². The van der Waals surface area contributed by atoms with E-state index in [1.807, 2.05) is 11.6 Å². The molecule has 96 valence electrons. The van der Waals surface area contributed by atoms with Crippen LogP contribution in [0.1, 0.15) is 11.7 Å². The molecule has 0 aliphatic carbocycles. The molecule has 1 N–H and O–H groups in total. The van der Waals surface area contributed by atoms with Crippen LogP contribution in [0, 0.1) is 0 Å². The van der Waals surface area contributed by atoms with Crippen LogP contribution in [0.5, 0.6) is 6.01 Å². The van der Waals surface area contributed by atoms with Gasteiger partial charge in [-0.25, -0.2) is 4.98 Å². The second kappa shape index (κ2) is 4.55. The molecule has 0 aromatic carbocycles. The smallest absolute Gasteiger partial charge is 0.316 e. The van der Waals surface area contributed by atoms with Gasteiger partial charge in [0.25, 0.3) is 0 Å². The molecule has 0 saturated carbocycles. The van der Waals surface area contributed by atoms with Gasteiger partial charge in [-0.1, -0.05) is 0 Å². The Labute approximate surface area is 105 Å². The second-order valence-corrected chi connectivity index (χ2v) is 4.35. The summed E-state index contributed by atoms with van der Waals surface area (Å²) >= 11 is 0. The number of fused-ring (bicyclic) bond motifs is 1. The molecule has 1 atom stereocenters. The number of methoxy groups -OCH3 is 1. The summed E-state index contributed by atoms with van der Waals surface area (Å²) in [4.78, 5) is 8.56. The zero-order chi connectivity index (χ0) is 12.5. The van der Waals surface area contributed by atoms with Crippen LogP contribution in [-0.2, 0) is 11.8 Å². The summed E-state index contributed by atoms with van der Waals surface area (Å²) in [6, 6.07) is 0.388. The van der Waals surface area contributed by atoms with Crippen molar-refractivity contribution in [3.63, 3.8) is 0 Å². The first-order valence-corrected chi connectivity index (χ1v) is 5.98. The van der Waals surface area contributed by atoms with E-state index in [-0.39, 0.29) is 6.10 Å². The van der Waals surface area contributed by atoms with Crippen molar-refractivity contribution in [2.24, 2.45) is 7.05 Å². The fourth-order valence-electron chi connectivity index (χ4n) is 2.27. The molecule has 1 unspecified atom stereocenters. The molecule has 0 bridgehead atoms. The van der Waals surface area contributed by atoms with Gasteiger partial charge >= 0.3 is 6.01 Å². The van der Waals surface area contributed by atoms with Crippen molar-refractivity contribution in [2.75, 3.05) is 26.8 Å². The Bertz CT molecular complexity index is 560. The lowest BCUT2D eigenvalue weighted by molar-refractivity contribution is 0.0284. The Balaban J connectivity index is 2.09. The Morgan fingerprint density at radius 1 is 1.56 bits per heavy atom. The van der Waals surface area contributed by atoms with E-state index in [0.717, 1.165) is 36.3 Å². The molecule has 6 nitrogen and oxygen atoms in total. The molecule has 6 heteroatoms. The summed E-state index contributed by atoms with van der Waals surface area (Å²) in [6.07, 6.45) is 3.87. The third-order valence-electron chi connectivity index (χ3n) is 3.19. The number of ether oxygens (including phenoxy) is 2. The van der Waals surface area contributed by atoms with Crippen LogP contribution in [0.2, 0.25) is 0 Å². The standard InChI is InChI=1S/C12H16N4O2/c1-16-7-8(10-6-13-3-4-18-10)11-9(16)5-14-12(15-11)17-2/h5,7,10,13H,3-4,6H2,1-2H3. The highest BCUT2D eigenvalue weighted by Gasteiger charge is 2.21. The molecular weight excluding hydrogens is 232 g/mol. The highest BCUT2D eigenvalue weighted by atomic mass is 16.5. The Kier molecular flexibility index (Phi) is 2.89. The van der Waals surface area contributed by atoms with Gasteiger partial charge in [-0.2, -0.15) is 4.98 Å². The van der Waals surface area contributed by atoms with Gasteiger partial charge in [-0.05, 0) is 0 Å². The van der Waals surface area contributed by atoms with E-state index in [9.17, 15) is 0 Å². The van der Waals surface area contributed by atoms with Crippen LogP contribution in [0.4, 0.5) is 0 Å². The summed E-state index contributed by atoms with van der Waals surface area (Å²) in [6.45, 7) is 2.44. The molecular formula is C12H16N4O2. The zero-order valence-electron chi connectivity index (χ0n) is 10.5. The van der Waals surface area contributed by atoms with Gasteiger partial charge in [-0.3, -0.25) is 0 Å². The molecule has 2 aromatic heterocycles. The van der Waals surface area contributed by atoms with Crippen LogP contribution < -0.4 is 10.1 Å². The molecule has 3 heterocycles. The minimum atomic E-state index is 0.0436. The van der Waals surface area contributed by atoms with Crippen LogP contribution in [-0.4, -0.2) is 41.3 Å². The third-order valence-corrected chi connectivity index (χ3v) is 3.19. The maximum absolute atomic E-state index is 5.78. The molecule has 0 radical (unpaired) electrons. The molecule has 0 spiro atoms. The number of hydrogen-bond acceptors (Lipinski definition) is 5. The number of morpholine rings is 1. The van der Waals surface area contributed by atoms with Crippen molar-refractivity contribution in [1.82, 2.24) is 19.9 Å². The first-order valence-electron chi connectivity index (χ1n) is 5.98. The molecule has 1 saturated heterocycles. The molecule has 1 fully saturated rings. The average Bonchev–Trinajstić information content (AvgIpc) is 2.76. The fourth-order valence-corrected chi connectivity index (χ4v) is 2.27. The second-order valence-electron chi connectivity index (χ2n) is 4.35. The maximum Gasteiger partial charge on any atom is 0.316 e. The number of rotatable bonds is 2. The lowest BCUT2D eigenvalue weighted by Gasteiger charge is -2.22. The zero-order valence-corrected chi connectivity index (χ0v) is 10.5. The van der Waals surface area contributed by atoms with Crippen LogP contribution in [0.25, 0.3) is 11.0 Å². The summed E-state index contributed by atoms with van der Waals surface area (Å²) in [5.74, 6) is 0. The van der Waals surface area contributed by atoms with E-state index < -0.39 is 0 Å². The molecule has 1 aliphatic heterocycles. The summed E-state index contributed by atoms with van der Waals surface area (Å²) in [5, 5.41) is 3.33. The maximum atomic E-state index is 5.78. The van der Waals surface area contributed by atoms with Gasteiger partial charge in [0, 0.05) is 31.9 Å². The number of aryl methyl sites for hydroxylation is 1. The van der Waals surface area contributed by atoms with Crippen LogP contribution in [0.3, 0.4) is 0 Å². The highest BCUT2D eigenvalue weighted by Crippen LogP contribution is 2.28. The molecule has 18 heavy (non-hydrogen) atoms. The molecule has 0 amide bonds. The first kappa shape index (κ1) is 11.4. The van der Waals surface area contributed by atoms with E-state index >= 15 is 0 Å². The van der Waals surface area contributed by atoms with Crippen molar-refractivity contribution >= 4 is 11.0 Å². The van der Waals surface area contributed by atoms with E-state index in [1.54, 1.807) is 13.3 Å². The minimum Gasteiger partial charge on any atom is -0.467 e. The van der Waals surface area contributed by atoms with E-state index in [0.29, 0.717) is 6.01 Å². The van der Waals surface area contributed by atoms with Gasteiger partial charge in [0.1, 0.15) is 5.52 Å². The predicted molar refractivity (Wildman–Crippen MR) is 66.6 cm³/mol. The lowest BCUT2D eigenvalue weighted by atomic mass is 10.1. The SMILES string of the molecule is COc1ncc2c(n1)c(C1CNCCO1)cn2C. The summed E-state index contributed by atoms with van der Waals surface area (Å²) < 4.78 is 12.9. The quantitative estimate of drug-likeness (QED) is 0.845. The number of hydrogen-bond donors (Lipinski definition) is 1. The van der Waals surface area contributed by atoms with Crippen LogP contribution in [0.15, 0.2) is 12.4 Å². The van der Waals surface area contributed by atoms with Crippen molar-refractivity contribution < 1.29 is 9.47 Å². The number of nitrogens with zero attached hydrogens (tertiary/aromatic N) is 3. The first-order chi connectivity index (χ1) is 8.79. The molecule has 2 aromatic rings. The predicted octanol–water partition coefficient (Wildman–Crippen LogP) is 0.638. The number of aromatic nitrogens is 3. The monoisotopic (exact) mass is 248 g/mol. The minimum absolute atomic E-state index is 0.0436. The number of nitrogens with one attached hydrogen (secondary N) is 1. The normalized spacial score (nSPS) is 20.2. The molecule has 1 aliphatic rings. The Morgan fingerprint density at radius 2 is 2.44 bits per heavy atom. The van der Waals surface area contributed by atoms with Gasteiger partial charge < -0.3 is 19.4 Å². The van der Waals surface area contributed by atoms with Gasteiger partial charge in [0.15, 0.2) is 0 Å². The Morgan fingerprint density at radius 3 is 3.17 bits per heavy atom. The largest absolute Gasteiger partial charge is 0.467 e. The summed E-state index contributed by atoms with van der Waals surface area (Å²) in [5.41, 5.74) is 2.97. The fraction of sp³-hybridized carbons (Fsp3) is 0.500. The van der Waals surface area contributed by atoms with Gasteiger partial charge in [0.05, 0.1) is 31.5 Å². The van der Waals surface area contributed by atoms with Crippen molar-refractivity contribution in [3.8, 4) is 6.01 Å². The Hall–Kier alpha value is -1.66. The average molecular weight is 248 g/mol. The van der Waals surface area contributed by atoms with Crippen molar-refractivity contribution in [2.45, 2.75) is 6.10 Å². The van der Waals surface area contributed by atoms with E-state index in [2.05, 4.69) is 21.5 Å². The molecule has 3 rings (SSSR count). The van der Waals surface area contributed by atoms with Crippen LogP contribution >= 0.6 is 0 Å². The van der Waals surface area contributed by atoms with Gasteiger partial charge in [-0.15, -0.1) is 0 Å². The third kappa shape index (κ3) is 1.83. The topological polar surface area (TPSA) is 61.2 Å². The van der Waals surface area contributed by atoms with E-state index in [4.69, 9.17) is 9.47 Å². The highest BCUT2D eigenvalue weighted by molar-refractivity contribution is 5.79. The summed E-state index contributed by atoms with van der Waals surface area (Å²) in [7, 11) is 3.56.